The third kappa shape index (κ3) is 3.69. The third-order valence-corrected chi connectivity index (χ3v) is 7.15. The van der Waals surface area contributed by atoms with E-state index in [0.717, 1.165) is 46.8 Å². The first-order valence-electron chi connectivity index (χ1n) is 12.1. The van der Waals surface area contributed by atoms with E-state index in [-0.39, 0.29) is 5.97 Å². The number of cyclic esters (lactones) is 1. The van der Waals surface area contributed by atoms with Crippen molar-refractivity contribution in [1.29, 1.82) is 0 Å². The highest BCUT2D eigenvalue weighted by Crippen LogP contribution is 2.48. The molecule has 0 spiro atoms. The van der Waals surface area contributed by atoms with Gasteiger partial charge in [-0.2, -0.15) is 0 Å². The summed E-state index contributed by atoms with van der Waals surface area (Å²) in [7, 11) is 8.10. The van der Waals surface area contributed by atoms with Gasteiger partial charge in [-0.1, -0.05) is 30.3 Å². The number of nitrogens with zero attached hydrogens (tertiary/aromatic N) is 3. The number of esters is 1. The van der Waals surface area contributed by atoms with Crippen molar-refractivity contribution in [2.24, 2.45) is 0 Å². The summed E-state index contributed by atoms with van der Waals surface area (Å²) in [5, 5.41) is 0. The summed E-state index contributed by atoms with van der Waals surface area (Å²) in [5.41, 5.74) is 5.82. The zero-order valence-electron chi connectivity index (χ0n) is 20.5. The summed E-state index contributed by atoms with van der Waals surface area (Å²) >= 11 is 0. The number of carbonyl (C=O) groups is 1. The van der Waals surface area contributed by atoms with Crippen LogP contribution in [0, 0.1) is 0 Å². The Morgan fingerprint density at radius 2 is 1.26 bits per heavy atom. The van der Waals surface area contributed by atoms with Crippen molar-refractivity contribution in [3.8, 4) is 0 Å². The van der Waals surface area contributed by atoms with Gasteiger partial charge in [0.2, 0.25) is 0 Å². The second-order valence-electron chi connectivity index (χ2n) is 9.73. The minimum Gasteiger partial charge on any atom is -0.441 e. The summed E-state index contributed by atoms with van der Waals surface area (Å²) in [6.07, 6.45) is 3.67. The molecule has 176 valence electrons. The maximum atomic E-state index is 13.4. The first-order chi connectivity index (χ1) is 16.4. The van der Waals surface area contributed by atoms with Crippen molar-refractivity contribution in [1.82, 2.24) is 0 Å². The molecule has 0 aliphatic carbocycles. The number of rotatable bonds is 5. The van der Waals surface area contributed by atoms with Crippen LogP contribution in [0.25, 0.3) is 0 Å². The fourth-order valence-corrected chi connectivity index (χ4v) is 5.19. The number of ether oxygens (including phenoxy) is 1. The van der Waals surface area contributed by atoms with Crippen molar-refractivity contribution in [2.45, 2.75) is 24.9 Å². The molecule has 2 aliphatic rings. The molecule has 0 unspecified atom stereocenters. The van der Waals surface area contributed by atoms with Gasteiger partial charge in [0.25, 0.3) is 0 Å². The van der Waals surface area contributed by atoms with Gasteiger partial charge in [-0.05, 0) is 55.7 Å². The fourth-order valence-electron chi connectivity index (χ4n) is 5.19. The zero-order valence-corrected chi connectivity index (χ0v) is 20.5. The molecule has 34 heavy (non-hydrogen) atoms. The molecule has 0 atom stereocenters. The highest BCUT2D eigenvalue weighted by molar-refractivity contribution is 5.97. The van der Waals surface area contributed by atoms with Crippen LogP contribution in [0.2, 0.25) is 0 Å². The minimum atomic E-state index is -0.970. The highest BCUT2D eigenvalue weighted by atomic mass is 16.6. The number of carbonyl (C=O) groups excluding carboxylic acids is 1. The third-order valence-electron chi connectivity index (χ3n) is 7.15. The van der Waals surface area contributed by atoms with E-state index in [1.165, 1.54) is 19.3 Å². The average Bonchev–Trinajstić information content (AvgIpc) is 3.17. The number of hydrogen-bond acceptors (Lipinski definition) is 5. The van der Waals surface area contributed by atoms with Crippen molar-refractivity contribution in [2.75, 3.05) is 56.0 Å². The van der Waals surface area contributed by atoms with Gasteiger partial charge in [0.05, 0.1) is 5.56 Å². The lowest BCUT2D eigenvalue weighted by molar-refractivity contribution is 0.0251. The van der Waals surface area contributed by atoms with Gasteiger partial charge < -0.3 is 19.4 Å². The second-order valence-corrected chi connectivity index (χ2v) is 9.73. The largest absolute Gasteiger partial charge is 0.441 e. The molecule has 2 aliphatic heterocycles. The zero-order chi connectivity index (χ0) is 23.9. The van der Waals surface area contributed by atoms with E-state index in [1.54, 1.807) is 0 Å². The molecule has 3 aromatic rings. The maximum Gasteiger partial charge on any atom is 0.340 e. The van der Waals surface area contributed by atoms with Gasteiger partial charge in [-0.3, -0.25) is 0 Å². The van der Waals surface area contributed by atoms with E-state index in [2.05, 4.69) is 75.4 Å². The number of anilines is 3. The Morgan fingerprint density at radius 1 is 0.735 bits per heavy atom. The number of fused-ring (bicyclic) bond motifs is 1. The Morgan fingerprint density at radius 3 is 1.76 bits per heavy atom. The molecule has 1 fully saturated rings. The molecule has 3 aromatic carbocycles. The minimum absolute atomic E-state index is 0.262. The van der Waals surface area contributed by atoms with E-state index >= 15 is 0 Å². The van der Waals surface area contributed by atoms with E-state index < -0.39 is 5.60 Å². The Bertz CT molecular complexity index is 1130. The Balaban J connectivity index is 1.66. The van der Waals surface area contributed by atoms with Gasteiger partial charge in [0, 0.05) is 75.0 Å². The topological polar surface area (TPSA) is 36.0 Å². The standard InChI is InChI=1S/C29H33N3O2/c1-30(2)23-12-8-21(9-13-23)29(22-10-14-24(15-11-22)31(3)4)27-17-16-25(20-26(27)28(33)34-29)32-18-6-5-7-19-32/h8-17,20H,5-7,18-19H2,1-4H3. The van der Waals surface area contributed by atoms with Crippen molar-refractivity contribution in [3.05, 3.63) is 89.0 Å². The van der Waals surface area contributed by atoms with Crippen LogP contribution < -0.4 is 14.7 Å². The molecule has 1 saturated heterocycles. The summed E-state index contributed by atoms with van der Waals surface area (Å²) in [5.74, 6) is -0.262. The van der Waals surface area contributed by atoms with Crippen LogP contribution >= 0.6 is 0 Å². The molecule has 0 N–H and O–H groups in total. The van der Waals surface area contributed by atoms with Gasteiger partial charge in [0.1, 0.15) is 0 Å². The fraction of sp³-hybridized carbons (Fsp3) is 0.345. The molecular weight excluding hydrogens is 422 g/mol. The van der Waals surface area contributed by atoms with Crippen molar-refractivity contribution < 1.29 is 9.53 Å². The van der Waals surface area contributed by atoms with Crippen LogP contribution in [0.1, 0.15) is 46.3 Å². The monoisotopic (exact) mass is 455 g/mol. The van der Waals surface area contributed by atoms with E-state index in [4.69, 9.17) is 4.74 Å². The molecule has 0 bridgehead atoms. The molecular formula is C29H33N3O2. The molecule has 5 rings (SSSR count). The molecule has 5 heteroatoms. The van der Waals surface area contributed by atoms with E-state index in [0.29, 0.717) is 5.56 Å². The molecule has 5 nitrogen and oxygen atoms in total. The molecule has 2 heterocycles. The van der Waals surface area contributed by atoms with Crippen molar-refractivity contribution >= 4 is 23.0 Å². The van der Waals surface area contributed by atoms with Gasteiger partial charge in [-0.15, -0.1) is 0 Å². The van der Waals surface area contributed by atoms with Crippen LogP contribution in [0.3, 0.4) is 0 Å². The smallest absolute Gasteiger partial charge is 0.340 e. The first-order valence-corrected chi connectivity index (χ1v) is 12.1. The van der Waals surface area contributed by atoms with Gasteiger partial charge in [0.15, 0.2) is 5.60 Å². The number of benzene rings is 3. The average molecular weight is 456 g/mol. The van der Waals surface area contributed by atoms with E-state index in [9.17, 15) is 4.79 Å². The highest BCUT2D eigenvalue weighted by Gasteiger charge is 2.48. The normalized spacial score (nSPS) is 16.7. The lowest BCUT2D eigenvalue weighted by Gasteiger charge is -2.32. The Labute approximate surface area is 202 Å². The maximum absolute atomic E-state index is 13.4. The quantitative estimate of drug-likeness (QED) is 0.490. The Kier molecular flexibility index (Phi) is 5.72. The number of piperidine rings is 1. The first kappa shape index (κ1) is 22.3. The number of hydrogen-bond donors (Lipinski definition) is 0. The summed E-state index contributed by atoms with van der Waals surface area (Å²) in [4.78, 5) is 19.9. The lowest BCUT2D eigenvalue weighted by Crippen LogP contribution is -2.30. The van der Waals surface area contributed by atoms with Crippen LogP contribution in [0.4, 0.5) is 17.1 Å². The van der Waals surface area contributed by atoms with E-state index in [1.807, 2.05) is 34.3 Å². The molecule has 0 saturated carbocycles. The van der Waals surface area contributed by atoms with Crippen LogP contribution in [-0.2, 0) is 10.3 Å². The Hall–Kier alpha value is -3.47. The predicted octanol–water partition coefficient (Wildman–Crippen LogP) is 5.27. The van der Waals surface area contributed by atoms with Crippen LogP contribution in [0.5, 0.6) is 0 Å². The van der Waals surface area contributed by atoms with Crippen molar-refractivity contribution in [3.63, 3.8) is 0 Å². The predicted molar refractivity (Wildman–Crippen MR) is 139 cm³/mol. The molecule has 0 aromatic heterocycles. The summed E-state index contributed by atoms with van der Waals surface area (Å²) in [6, 6.07) is 22.9. The molecule has 0 radical (unpaired) electrons. The van der Waals surface area contributed by atoms with Crippen LogP contribution in [0.15, 0.2) is 66.7 Å². The second kappa shape index (κ2) is 8.71. The lowest BCUT2D eigenvalue weighted by atomic mass is 9.79. The SMILES string of the molecule is CN(C)c1ccc(C2(c3ccc(N(C)C)cc3)OC(=O)c3cc(N4CCCCC4)ccc32)cc1. The molecule has 0 amide bonds. The summed E-state index contributed by atoms with van der Waals surface area (Å²) in [6.45, 7) is 2.08. The van der Waals surface area contributed by atoms with Gasteiger partial charge in [-0.25, -0.2) is 4.79 Å². The van der Waals surface area contributed by atoms with Crippen LogP contribution in [-0.4, -0.2) is 47.2 Å². The summed E-state index contributed by atoms with van der Waals surface area (Å²) < 4.78 is 6.35. The van der Waals surface area contributed by atoms with Gasteiger partial charge >= 0.3 is 5.97 Å².